The lowest BCUT2D eigenvalue weighted by Crippen LogP contribution is -2.35. The van der Waals surface area contributed by atoms with Crippen molar-refractivity contribution in [2.24, 2.45) is 0 Å². The number of fused-ring (bicyclic) bond motifs is 2. The highest BCUT2D eigenvalue weighted by Gasteiger charge is 2.16. The zero-order valence-corrected chi connectivity index (χ0v) is 16.4. The molecule has 0 spiro atoms. The molecule has 0 saturated carbocycles. The van der Waals surface area contributed by atoms with Crippen molar-refractivity contribution in [3.8, 4) is 0 Å². The van der Waals surface area contributed by atoms with E-state index < -0.39 is 0 Å². The van der Waals surface area contributed by atoms with Crippen LogP contribution in [0.3, 0.4) is 0 Å². The molecular formula is C23H25N3O2. The van der Waals surface area contributed by atoms with Crippen LogP contribution in [0.25, 0.3) is 10.9 Å². The summed E-state index contributed by atoms with van der Waals surface area (Å²) in [5.74, 6) is 0.354. The Morgan fingerprint density at radius 1 is 1.14 bits per heavy atom. The highest BCUT2D eigenvalue weighted by molar-refractivity contribution is 5.79. The lowest BCUT2D eigenvalue weighted by molar-refractivity contribution is -0.122. The average molecular weight is 375 g/mol. The van der Waals surface area contributed by atoms with E-state index in [0.717, 1.165) is 18.4 Å². The molecule has 144 valence electrons. The van der Waals surface area contributed by atoms with E-state index in [1.165, 1.54) is 28.5 Å². The first-order valence-corrected chi connectivity index (χ1v) is 9.90. The predicted molar refractivity (Wildman–Crippen MR) is 110 cm³/mol. The fourth-order valence-corrected chi connectivity index (χ4v) is 4.00. The summed E-state index contributed by atoms with van der Waals surface area (Å²) >= 11 is 0. The summed E-state index contributed by atoms with van der Waals surface area (Å²) in [7, 11) is 0. The van der Waals surface area contributed by atoms with Gasteiger partial charge >= 0.3 is 0 Å². The van der Waals surface area contributed by atoms with Gasteiger partial charge in [-0.3, -0.25) is 14.2 Å². The number of aromatic nitrogens is 2. The molecule has 0 unspecified atom stereocenters. The van der Waals surface area contributed by atoms with Gasteiger partial charge in [0.15, 0.2) is 0 Å². The largest absolute Gasteiger partial charge is 0.348 e. The Kier molecular flexibility index (Phi) is 4.99. The number of carbonyl (C=O) groups excluding carboxylic acids is 1. The number of nitrogens with one attached hydrogen (secondary N) is 1. The second kappa shape index (κ2) is 7.58. The summed E-state index contributed by atoms with van der Waals surface area (Å²) in [6.07, 6.45) is 4.75. The highest BCUT2D eigenvalue weighted by atomic mass is 16.2. The summed E-state index contributed by atoms with van der Waals surface area (Å²) < 4.78 is 1.44. The van der Waals surface area contributed by atoms with Crippen LogP contribution in [0.1, 0.15) is 48.3 Å². The maximum absolute atomic E-state index is 12.7. The van der Waals surface area contributed by atoms with E-state index >= 15 is 0 Å². The maximum atomic E-state index is 12.7. The molecule has 1 atom stereocenters. The molecule has 0 saturated heterocycles. The van der Waals surface area contributed by atoms with Gasteiger partial charge in [-0.25, -0.2) is 4.98 Å². The number of carbonyl (C=O) groups is 1. The molecule has 0 bridgehead atoms. The molecule has 5 nitrogen and oxygen atoms in total. The molecule has 1 N–H and O–H groups in total. The third-order valence-electron chi connectivity index (χ3n) is 5.60. The number of amides is 1. The summed E-state index contributed by atoms with van der Waals surface area (Å²) in [6, 6.07) is 13.6. The molecule has 3 aromatic rings. The summed E-state index contributed by atoms with van der Waals surface area (Å²) in [4.78, 5) is 29.8. The van der Waals surface area contributed by atoms with Gasteiger partial charge in [0.1, 0.15) is 12.4 Å². The van der Waals surface area contributed by atoms with E-state index in [1.807, 2.05) is 25.1 Å². The third-order valence-corrected chi connectivity index (χ3v) is 5.60. The molecule has 1 heterocycles. The van der Waals surface area contributed by atoms with Gasteiger partial charge in [0, 0.05) is 0 Å². The molecule has 0 aliphatic heterocycles. The molecule has 5 heteroatoms. The quantitative estimate of drug-likeness (QED) is 0.759. The molecule has 4 rings (SSSR count). The van der Waals surface area contributed by atoms with Crippen molar-refractivity contribution in [2.75, 3.05) is 0 Å². The first-order valence-electron chi connectivity index (χ1n) is 9.90. The van der Waals surface area contributed by atoms with Crippen molar-refractivity contribution in [1.82, 2.24) is 14.9 Å². The van der Waals surface area contributed by atoms with Gasteiger partial charge < -0.3 is 5.32 Å². The smallest absolute Gasteiger partial charge is 0.261 e. The zero-order valence-electron chi connectivity index (χ0n) is 16.4. The fourth-order valence-electron chi connectivity index (χ4n) is 4.00. The second-order valence-corrected chi connectivity index (χ2v) is 7.59. The minimum absolute atomic E-state index is 0.0300. The Balaban J connectivity index is 1.52. The topological polar surface area (TPSA) is 64.0 Å². The van der Waals surface area contributed by atoms with Gasteiger partial charge in [-0.15, -0.1) is 0 Å². The van der Waals surface area contributed by atoms with Crippen LogP contribution >= 0.6 is 0 Å². The SMILES string of the molecule is Cc1nc2ccccc2c(=O)n1CC(=O)N[C@H](C)c1ccc2c(c1)CCCC2. The Hall–Kier alpha value is -2.95. The van der Waals surface area contributed by atoms with Crippen LogP contribution in [0.5, 0.6) is 0 Å². The number of benzene rings is 2. The fraction of sp³-hybridized carbons (Fsp3) is 0.348. The molecular weight excluding hydrogens is 350 g/mol. The van der Waals surface area contributed by atoms with E-state index in [1.54, 1.807) is 13.0 Å². The molecule has 1 aromatic heterocycles. The van der Waals surface area contributed by atoms with Gasteiger partial charge in [-0.1, -0.05) is 30.3 Å². The number of hydrogen-bond acceptors (Lipinski definition) is 3. The summed E-state index contributed by atoms with van der Waals surface area (Å²) in [5.41, 5.74) is 4.41. The minimum Gasteiger partial charge on any atom is -0.348 e. The first-order chi connectivity index (χ1) is 13.5. The van der Waals surface area contributed by atoms with Crippen molar-refractivity contribution in [3.63, 3.8) is 0 Å². The van der Waals surface area contributed by atoms with E-state index in [4.69, 9.17) is 0 Å². The zero-order chi connectivity index (χ0) is 19.7. The average Bonchev–Trinajstić information content (AvgIpc) is 2.70. The van der Waals surface area contributed by atoms with Crippen LogP contribution in [0.15, 0.2) is 47.3 Å². The van der Waals surface area contributed by atoms with Crippen molar-refractivity contribution < 1.29 is 4.79 Å². The number of hydrogen-bond donors (Lipinski definition) is 1. The summed E-state index contributed by atoms with van der Waals surface area (Å²) in [5, 5.41) is 3.56. The molecule has 1 aliphatic rings. The van der Waals surface area contributed by atoms with Gasteiger partial charge in [0.25, 0.3) is 5.56 Å². The molecule has 1 aliphatic carbocycles. The molecule has 0 fully saturated rings. The molecule has 0 radical (unpaired) electrons. The second-order valence-electron chi connectivity index (χ2n) is 7.59. The number of para-hydroxylation sites is 1. The van der Waals surface area contributed by atoms with E-state index in [0.29, 0.717) is 16.7 Å². The Bertz CT molecular complexity index is 1100. The first kappa shape index (κ1) is 18.4. The van der Waals surface area contributed by atoms with Crippen molar-refractivity contribution in [2.45, 2.75) is 52.1 Å². The maximum Gasteiger partial charge on any atom is 0.261 e. The predicted octanol–water partition coefficient (Wildman–Crippen LogP) is 3.46. The van der Waals surface area contributed by atoms with Gasteiger partial charge in [0.2, 0.25) is 5.91 Å². The van der Waals surface area contributed by atoms with Crippen molar-refractivity contribution in [1.29, 1.82) is 0 Å². The minimum atomic E-state index is -0.187. The lowest BCUT2D eigenvalue weighted by Gasteiger charge is -2.20. The molecule has 2 aromatic carbocycles. The Morgan fingerprint density at radius 3 is 2.71 bits per heavy atom. The van der Waals surface area contributed by atoms with Gasteiger partial charge in [-0.2, -0.15) is 0 Å². The Labute approximate surface area is 164 Å². The highest BCUT2D eigenvalue weighted by Crippen LogP contribution is 2.24. The summed E-state index contributed by atoms with van der Waals surface area (Å²) in [6.45, 7) is 3.71. The lowest BCUT2D eigenvalue weighted by atomic mass is 9.89. The van der Waals surface area contributed by atoms with Crippen LogP contribution in [-0.2, 0) is 24.2 Å². The third kappa shape index (κ3) is 3.57. The van der Waals surface area contributed by atoms with Gasteiger partial charge in [0.05, 0.1) is 16.9 Å². The van der Waals surface area contributed by atoms with Gasteiger partial charge in [-0.05, 0) is 68.4 Å². The van der Waals surface area contributed by atoms with Crippen LogP contribution < -0.4 is 10.9 Å². The molecule has 1 amide bonds. The van der Waals surface area contributed by atoms with Crippen LogP contribution in [0, 0.1) is 6.92 Å². The number of rotatable bonds is 4. The number of aryl methyl sites for hydroxylation is 3. The van der Waals surface area contributed by atoms with Crippen LogP contribution in [0.2, 0.25) is 0 Å². The van der Waals surface area contributed by atoms with Crippen molar-refractivity contribution in [3.05, 3.63) is 75.3 Å². The normalized spacial score (nSPS) is 14.5. The van der Waals surface area contributed by atoms with E-state index in [-0.39, 0.29) is 24.1 Å². The molecule has 28 heavy (non-hydrogen) atoms. The van der Waals surface area contributed by atoms with E-state index in [9.17, 15) is 9.59 Å². The van der Waals surface area contributed by atoms with Crippen LogP contribution in [-0.4, -0.2) is 15.5 Å². The number of nitrogens with zero attached hydrogens (tertiary/aromatic N) is 2. The Morgan fingerprint density at radius 2 is 1.89 bits per heavy atom. The monoisotopic (exact) mass is 375 g/mol. The van der Waals surface area contributed by atoms with Crippen molar-refractivity contribution >= 4 is 16.8 Å². The standard InChI is InChI=1S/C23H25N3O2/c1-15(18-12-11-17-7-3-4-8-19(17)13-18)24-22(27)14-26-16(2)25-21-10-6-5-9-20(21)23(26)28/h5-6,9-13,15H,3-4,7-8,14H2,1-2H3,(H,24,27)/t15-/m1/s1. The van der Waals surface area contributed by atoms with E-state index in [2.05, 4.69) is 28.5 Å². The van der Waals surface area contributed by atoms with Crippen LogP contribution in [0.4, 0.5) is 0 Å².